The molecule has 1 unspecified atom stereocenters. The predicted molar refractivity (Wildman–Crippen MR) is 119 cm³/mol. The van der Waals surface area contributed by atoms with Crippen molar-refractivity contribution in [3.8, 4) is 5.75 Å². The Morgan fingerprint density at radius 3 is 2.31 bits per heavy atom. The van der Waals surface area contributed by atoms with E-state index >= 15 is 0 Å². The number of primary amides is 1. The quantitative estimate of drug-likeness (QED) is 0.351. The van der Waals surface area contributed by atoms with Gasteiger partial charge in [-0.2, -0.15) is 15.2 Å². The first-order valence-corrected chi connectivity index (χ1v) is 9.49. The van der Waals surface area contributed by atoms with Crippen molar-refractivity contribution in [2.45, 2.75) is 0 Å². The number of hydrazone groups is 2. The van der Waals surface area contributed by atoms with Crippen LogP contribution in [0.25, 0.3) is 10.8 Å². The van der Waals surface area contributed by atoms with Crippen molar-refractivity contribution in [1.29, 1.82) is 0 Å². The van der Waals surface area contributed by atoms with Gasteiger partial charge in [0.25, 0.3) is 17.7 Å². The van der Waals surface area contributed by atoms with E-state index in [1.165, 1.54) is 12.1 Å². The number of amides is 3. The third kappa shape index (κ3) is 3.72. The molecular formula is C22H18N6O4. The molecule has 4 rings (SSSR count). The number of rotatable bonds is 5. The highest BCUT2D eigenvalue weighted by Crippen LogP contribution is 2.25. The number of benzene rings is 3. The van der Waals surface area contributed by atoms with Crippen LogP contribution in [0.2, 0.25) is 0 Å². The third-order valence-corrected chi connectivity index (χ3v) is 4.88. The van der Waals surface area contributed by atoms with Crippen molar-refractivity contribution in [2.24, 2.45) is 27.6 Å². The van der Waals surface area contributed by atoms with E-state index in [2.05, 4.69) is 15.6 Å². The lowest BCUT2D eigenvalue weighted by Crippen LogP contribution is -2.43. The molecule has 0 bridgehead atoms. The monoisotopic (exact) mass is 430 g/mol. The molecule has 3 amide bonds. The Morgan fingerprint density at radius 1 is 1.03 bits per heavy atom. The summed E-state index contributed by atoms with van der Waals surface area (Å²) in [5.41, 5.74) is 13.3. The molecule has 32 heavy (non-hydrogen) atoms. The van der Waals surface area contributed by atoms with Gasteiger partial charge in [0.05, 0.1) is 11.3 Å². The van der Waals surface area contributed by atoms with Gasteiger partial charge in [0.1, 0.15) is 23.2 Å². The normalized spacial score (nSPS) is 16.2. The summed E-state index contributed by atoms with van der Waals surface area (Å²) in [5, 5.41) is 20.5. The number of nitrogens with two attached hydrogens (primary N) is 2. The molecule has 0 spiro atoms. The summed E-state index contributed by atoms with van der Waals surface area (Å²) in [6.07, 6.45) is 0. The highest BCUT2D eigenvalue weighted by atomic mass is 16.3. The molecule has 160 valence electrons. The molecule has 3 aromatic carbocycles. The van der Waals surface area contributed by atoms with E-state index in [4.69, 9.17) is 11.5 Å². The number of carbonyl (C=O) groups excluding carboxylic acids is 3. The number of anilines is 1. The van der Waals surface area contributed by atoms with E-state index in [0.29, 0.717) is 5.69 Å². The Hall–Kier alpha value is -4.73. The molecule has 10 heteroatoms. The molecule has 3 aromatic rings. The summed E-state index contributed by atoms with van der Waals surface area (Å²) in [7, 11) is 0. The number of nitrogens with one attached hydrogen (secondary N) is 1. The Labute approximate surface area is 181 Å². The molecule has 0 saturated heterocycles. The predicted octanol–water partition coefficient (Wildman–Crippen LogP) is 1.05. The number of phenols is 1. The first-order valence-electron chi connectivity index (χ1n) is 9.49. The van der Waals surface area contributed by atoms with Crippen molar-refractivity contribution >= 4 is 45.7 Å². The SMILES string of the molecule is NC(=O)C(=NNC(=O)c1cc2ccccc2cc1O)C1C(=O)N(c2ccccc2)N=C1N. The van der Waals surface area contributed by atoms with Gasteiger partial charge in [0.2, 0.25) is 0 Å². The fourth-order valence-electron chi connectivity index (χ4n) is 3.33. The van der Waals surface area contributed by atoms with E-state index < -0.39 is 29.4 Å². The van der Waals surface area contributed by atoms with Gasteiger partial charge in [-0.15, -0.1) is 0 Å². The van der Waals surface area contributed by atoms with Gasteiger partial charge >= 0.3 is 0 Å². The number of nitrogens with zero attached hydrogens (tertiary/aromatic N) is 3. The van der Waals surface area contributed by atoms with Gasteiger partial charge in [-0.25, -0.2) is 5.43 Å². The van der Waals surface area contributed by atoms with Gasteiger partial charge in [0, 0.05) is 0 Å². The van der Waals surface area contributed by atoms with Crippen molar-refractivity contribution in [2.75, 3.05) is 5.01 Å². The molecule has 1 heterocycles. The Morgan fingerprint density at radius 2 is 1.66 bits per heavy atom. The van der Waals surface area contributed by atoms with Crippen molar-refractivity contribution in [3.05, 3.63) is 72.3 Å². The molecule has 0 aromatic heterocycles. The summed E-state index contributed by atoms with van der Waals surface area (Å²) < 4.78 is 0. The maximum atomic E-state index is 12.9. The van der Waals surface area contributed by atoms with Gasteiger partial charge in [-0.1, -0.05) is 42.5 Å². The maximum absolute atomic E-state index is 12.9. The Balaban J connectivity index is 1.61. The number of carbonyl (C=O) groups is 3. The number of phenolic OH excluding ortho intramolecular Hbond substituents is 1. The van der Waals surface area contributed by atoms with Gasteiger partial charge in [-0.05, 0) is 35.0 Å². The van der Waals surface area contributed by atoms with Gasteiger partial charge < -0.3 is 16.6 Å². The zero-order valence-corrected chi connectivity index (χ0v) is 16.6. The highest BCUT2D eigenvalue weighted by molar-refractivity contribution is 6.49. The number of hydrogen-bond acceptors (Lipinski definition) is 7. The summed E-state index contributed by atoms with van der Waals surface area (Å²) in [5.74, 6) is -4.33. The van der Waals surface area contributed by atoms with Crippen LogP contribution in [0, 0.1) is 5.92 Å². The van der Waals surface area contributed by atoms with Crippen LogP contribution in [-0.4, -0.2) is 34.4 Å². The number of para-hydroxylation sites is 1. The second-order valence-electron chi connectivity index (χ2n) is 6.96. The molecule has 0 radical (unpaired) electrons. The molecule has 0 fully saturated rings. The average molecular weight is 430 g/mol. The van der Waals surface area contributed by atoms with Crippen molar-refractivity contribution in [1.82, 2.24) is 5.43 Å². The lowest BCUT2D eigenvalue weighted by molar-refractivity contribution is -0.119. The molecule has 1 atom stereocenters. The number of amidine groups is 1. The van der Waals surface area contributed by atoms with Crippen LogP contribution in [0.5, 0.6) is 5.75 Å². The summed E-state index contributed by atoms with van der Waals surface area (Å²) in [4.78, 5) is 37.5. The maximum Gasteiger partial charge on any atom is 0.275 e. The van der Waals surface area contributed by atoms with Gasteiger partial charge in [0.15, 0.2) is 0 Å². The molecule has 0 saturated carbocycles. The number of fused-ring (bicyclic) bond motifs is 1. The fraction of sp³-hybridized carbons (Fsp3) is 0.0455. The second kappa shape index (κ2) is 8.19. The molecule has 1 aliphatic heterocycles. The minimum absolute atomic E-state index is 0.0680. The van der Waals surface area contributed by atoms with Crippen LogP contribution in [0.15, 0.2) is 76.9 Å². The van der Waals surface area contributed by atoms with Gasteiger partial charge in [-0.3, -0.25) is 14.4 Å². The van der Waals surface area contributed by atoms with E-state index in [9.17, 15) is 19.5 Å². The zero-order chi connectivity index (χ0) is 22.8. The smallest absolute Gasteiger partial charge is 0.275 e. The summed E-state index contributed by atoms with van der Waals surface area (Å²) in [6, 6.07) is 18.5. The topological polar surface area (TPSA) is 163 Å². The number of aromatic hydroxyl groups is 1. The van der Waals surface area contributed by atoms with Crippen LogP contribution in [0.1, 0.15) is 10.4 Å². The first-order chi connectivity index (χ1) is 15.4. The summed E-state index contributed by atoms with van der Waals surface area (Å²) in [6.45, 7) is 0. The van der Waals surface area contributed by atoms with Crippen molar-refractivity contribution < 1.29 is 19.5 Å². The van der Waals surface area contributed by atoms with Crippen LogP contribution in [0.4, 0.5) is 5.69 Å². The van der Waals surface area contributed by atoms with E-state index in [0.717, 1.165) is 15.8 Å². The zero-order valence-electron chi connectivity index (χ0n) is 16.6. The summed E-state index contributed by atoms with van der Waals surface area (Å²) >= 11 is 0. The first kappa shape index (κ1) is 20.5. The minimum Gasteiger partial charge on any atom is -0.507 e. The largest absolute Gasteiger partial charge is 0.507 e. The van der Waals surface area contributed by atoms with Crippen molar-refractivity contribution in [3.63, 3.8) is 0 Å². The van der Waals surface area contributed by atoms with Crippen LogP contribution in [-0.2, 0) is 9.59 Å². The lowest BCUT2D eigenvalue weighted by Gasteiger charge is -2.14. The van der Waals surface area contributed by atoms with E-state index in [1.807, 2.05) is 0 Å². The molecule has 1 aliphatic rings. The Bertz CT molecular complexity index is 1300. The molecular weight excluding hydrogens is 412 g/mol. The molecule has 6 N–H and O–H groups in total. The second-order valence-corrected chi connectivity index (χ2v) is 6.96. The average Bonchev–Trinajstić information content (AvgIpc) is 3.08. The van der Waals surface area contributed by atoms with E-state index in [-0.39, 0.29) is 17.1 Å². The molecule has 0 aliphatic carbocycles. The molecule has 10 nitrogen and oxygen atoms in total. The number of hydrogen-bond donors (Lipinski definition) is 4. The van der Waals surface area contributed by atoms with Crippen LogP contribution >= 0.6 is 0 Å². The minimum atomic E-state index is -1.36. The third-order valence-electron chi connectivity index (χ3n) is 4.88. The van der Waals surface area contributed by atoms with Crippen LogP contribution < -0.4 is 21.9 Å². The lowest BCUT2D eigenvalue weighted by atomic mass is 10.0. The Kier molecular flexibility index (Phi) is 5.25. The highest BCUT2D eigenvalue weighted by Gasteiger charge is 2.41. The van der Waals surface area contributed by atoms with Crippen LogP contribution in [0.3, 0.4) is 0 Å². The fourth-order valence-corrected chi connectivity index (χ4v) is 3.33. The standard InChI is InChI=1S/C22H18N6O4/c23-19-17(22(32)28(27-19)14-8-2-1-3-9-14)18(20(24)30)25-26-21(31)15-10-12-6-4-5-7-13(12)11-16(15)29/h1-11,17,29H,(H2,23,27)(H2,24,30)(H,26,31). The van der Waals surface area contributed by atoms with E-state index in [1.54, 1.807) is 54.6 Å².